The van der Waals surface area contributed by atoms with Crippen LogP contribution in [0.4, 0.5) is 11.4 Å². The summed E-state index contributed by atoms with van der Waals surface area (Å²) >= 11 is 0. The normalized spacial score (nSPS) is 10.8. The van der Waals surface area contributed by atoms with Crippen LogP contribution in [-0.4, -0.2) is 21.3 Å². The average Bonchev–Trinajstić information content (AvgIpc) is 2.96. The van der Waals surface area contributed by atoms with E-state index < -0.39 is 0 Å². The predicted molar refractivity (Wildman–Crippen MR) is 81.5 cm³/mol. The van der Waals surface area contributed by atoms with Crippen LogP contribution in [0.1, 0.15) is 6.42 Å². The van der Waals surface area contributed by atoms with Gasteiger partial charge in [-0.15, -0.1) is 0 Å². The lowest BCUT2D eigenvalue weighted by molar-refractivity contribution is 0.592. The standard InChI is InChI=1S/C15H17N5/c16-12-3-4-13-14(5-8-18-15(13)11-12)17-6-1-9-20-10-2-7-19-20/h2-5,7-8,10-11H,1,6,9,16H2,(H,17,18). The molecule has 0 aliphatic rings. The summed E-state index contributed by atoms with van der Waals surface area (Å²) in [4.78, 5) is 4.34. The van der Waals surface area contributed by atoms with E-state index in [1.54, 1.807) is 12.4 Å². The van der Waals surface area contributed by atoms with Gasteiger partial charge in [0.2, 0.25) is 0 Å². The molecule has 102 valence electrons. The maximum absolute atomic E-state index is 5.78. The molecule has 3 aromatic rings. The Bertz CT molecular complexity index is 691. The van der Waals surface area contributed by atoms with Crippen LogP contribution in [0.2, 0.25) is 0 Å². The van der Waals surface area contributed by atoms with Crippen molar-refractivity contribution in [2.24, 2.45) is 0 Å². The zero-order valence-corrected chi connectivity index (χ0v) is 11.2. The fourth-order valence-electron chi connectivity index (χ4n) is 2.22. The summed E-state index contributed by atoms with van der Waals surface area (Å²) in [5, 5.41) is 8.73. The van der Waals surface area contributed by atoms with Gasteiger partial charge in [0, 0.05) is 48.4 Å². The van der Waals surface area contributed by atoms with E-state index in [0.717, 1.165) is 41.8 Å². The molecule has 0 saturated carbocycles. The molecule has 0 aliphatic carbocycles. The lowest BCUT2D eigenvalue weighted by Crippen LogP contribution is -2.07. The third kappa shape index (κ3) is 2.71. The SMILES string of the molecule is Nc1ccc2c(NCCCn3cccn3)ccnc2c1. The number of nitrogens with zero attached hydrogens (tertiary/aromatic N) is 3. The van der Waals surface area contributed by atoms with E-state index in [1.807, 2.05) is 41.2 Å². The zero-order valence-electron chi connectivity index (χ0n) is 11.2. The van der Waals surface area contributed by atoms with Crippen molar-refractivity contribution in [1.82, 2.24) is 14.8 Å². The van der Waals surface area contributed by atoms with E-state index in [-0.39, 0.29) is 0 Å². The first-order chi connectivity index (χ1) is 9.83. The monoisotopic (exact) mass is 267 g/mol. The van der Waals surface area contributed by atoms with Crippen LogP contribution in [0.15, 0.2) is 48.9 Å². The molecule has 2 heterocycles. The van der Waals surface area contributed by atoms with Crippen molar-refractivity contribution >= 4 is 22.3 Å². The van der Waals surface area contributed by atoms with Gasteiger partial charge in [-0.05, 0) is 36.8 Å². The van der Waals surface area contributed by atoms with Crippen LogP contribution in [0.5, 0.6) is 0 Å². The summed E-state index contributed by atoms with van der Waals surface area (Å²) in [5.41, 5.74) is 8.53. The number of benzene rings is 1. The van der Waals surface area contributed by atoms with Crippen LogP contribution in [-0.2, 0) is 6.54 Å². The van der Waals surface area contributed by atoms with Gasteiger partial charge in [-0.2, -0.15) is 5.10 Å². The number of aryl methyl sites for hydroxylation is 1. The molecular weight excluding hydrogens is 250 g/mol. The number of aromatic nitrogens is 3. The van der Waals surface area contributed by atoms with Crippen LogP contribution < -0.4 is 11.1 Å². The number of nitrogens with two attached hydrogens (primary N) is 1. The molecule has 3 rings (SSSR count). The minimum atomic E-state index is 0.737. The molecule has 0 saturated heterocycles. The Morgan fingerprint density at radius 2 is 2.15 bits per heavy atom. The molecule has 5 nitrogen and oxygen atoms in total. The van der Waals surface area contributed by atoms with Gasteiger partial charge in [0.25, 0.3) is 0 Å². The number of fused-ring (bicyclic) bond motifs is 1. The first kappa shape index (κ1) is 12.5. The highest BCUT2D eigenvalue weighted by Crippen LogP contribution is 2.23. The second-order valence-electron chi connectivity index (χ2n) is 4.68. The number of anilines is 2. The predicted octanol–water partition coefficient (Wildman–Crippen LogP) is 2.52. The molecule has 0 spiro atoms. The molecule has 0 bridgehead atoms. The summed E-state index contributed by atoms with van der Waals surface area (Å²) in [6, 6.07) is 9.73. The summed E-state index contributed by atoms with van der Waals surface area (Å²) in [7, 11) is 0. The van der Waals surface area contributed by atoms with Crippen molar-refractivity contribution in [3.05, 3.63) is 48.9 Å². The van der Waals surface area contributed by atoms with E-state index in [2.05, 4.69) is 15.4 Å². The minimum absolute atomic E-state index is 0.737. The maximum atomic E-state index is 5.78. The van der Waals surface area contributed by atoms with E-state index in [1.165, 1.54) is 0 Å². The third-order valence-electron chi connectivity index (χ3n) is 3.21. The quantitative estimate of drug-likeness (QED) is 0.550. The van der Waals surface area contributed by atoms with E-state index in [9.17, 15) is 0 Å². The van der Waals surface area contributed by atoms with Gasteiger partial charge in [-0.25, -0.2) is 0 Å². The average molecular weight is 267 g/mol. The van der Waals surface area contributed by atoms with Crippen LogP contribution in [0.3, 0.4) is 0 Å². The number of hydrogen-bond donors (Lipinski definition) is 2. The molecule has 0 fully saturated rings. The Balaban J connectivity index is 1.65. The number of nitrogens with one attached hydrogen (secondary N) is 1. The Labute approximate surface area is 117 Å². The molecule has 5 heteroatoms. The van der Waals surface area contributed by atoms with Crippen LogP contribution >= 0.6 is 0 Å². The highest BCUT2D eigenvalue weighted by Gasteiger charge is 2.01. The van der Waals surface area contributed by atoms with Crippen molar-refractivity contribution in [1.29, 1.82) is 0 Å². The minimum Gasteiger partial charge on any atom is -0.399 e. The molecule has 0 radical (unpaired) electrons. The number of rotatable bonds is 5. The highest BCUT2D eigenvalue weighted by molar-refractivity contribution is 5.92. The first-order valence-corrected chi connectivity index (χ1v) is 6.68. The van der Waals surface area contributed by atoms with Gasteiger partial charge < -0.3 is 11.1 Å². The van der Waals surface area contributed by atoms with Gasteiger partial charge in [0.15, 0.2) is 0 Å². The van der Waals surface area contributed by atoms with Crippen molar-refractivity contribution in [3.8, 4) is 0 Å². The Morgan fingerprint density at radius 3 is 3.00 bits per heavy atom. The topological polar surface area (TPSA) is 68.8 Å². The fraction of sp³-hybridized carbons (Fsp3) is 0.200. The van der Waals surface area contributed by atoms with E-state index in [4.69, 9.17) is 5.73 Å². The van der Waals surface area contributed by atoms with Crippen LogP contribution in [0, 0.1) is 0 Å². The highest BCUT2D eigenvalue weighted by atomic mass is 15.3. The van der Waals surface area contributed by atoms with E-state index in [0.29, 0.717) is 0 Å². The van der Waals surface area contributed by atoms with Crippen molar-refractivity contribution in [3.63, 3.8) is 0 Å². The molecular formula is C15H17N5. The van der Waals surface area contributed by atoms with Crippen LogP contribution in [0.25, 0.3) is 10.9 Å². The summed E-state index contributed by atoms with van der Waals surface area (Å²) in [6.45, 7) is 1.80. The maximum Gasteiger partial charge on any atom is 0.0743 e. The van der Waals surface area contributed by atoms with E-state index >= 15 is 0 Å². The molecule has 0 atom stereocenters. The summed E-state index contributed by atoms with van der Waals surface area (Å²) in [6.07, 6.45) is 6.59. The second kappa shape index (κ2) is 5.61. The molecule has 2 aromatic heterocycles. The zero-order chi connectivity index (χ0) is 13.8. The number of hydrogen-bond acceptors (Lipinski definition) is 4. The summed E-state index contributed by atoms with van der Waals surface area (Å²) < 4.78 is 1.94. The van der Waals surface area contributed by atoms with Gasteiger partial charge in [-0.1, -0.05) is 0 Å². The van der Waals surface area contributed by atoms with Crippen molar-refractivity contribution in [2.75, 3.05) is 17.6 Å². The molecule has 20 heavy (non-hydrogen) atoms. The van der Waals surface area contributed by atoms with Gasteiger partial charge in [-0.3, -0.25) is 9.67 Å². The Hall–Kier alpha value is -2.56. The first-order valence-electron chi connectivity index (χ1n) is 6.68. The number of pyridine rings is 1. The van der Waals surface area contributed by atoms with Gasteiger partial charge in [0.05, 0.1) is 5.52 Å². The largest absolute Gasteiger partial charge is 0.399 e. The second-order valence-corrected chi connectivity index (χ2v) is 4.68. The molecule has 0 aliphatic heterocycles. The summed E-state index contributed by atoms with van der Waals surface area (Å²) in [5.74, 6) is 0. The number of nitrogen functional groups attached to an aromatic ring is 1. The third-order valence-corrected chi connectivity index (χ3v) is 3.21. The lowest BCUT2D eigenvalue weighted by atomic mass is 10.1. The lowest BCUT2D eigenvalue weighted by Gasteiger charge is -2.09. The molecule has 1 aromatic carbocycles. The molecule has 3 N–H and O–H groups in total. The fourth-order valence-corrected chi connectivity index (χ4v) is 2.22. The van der Waals surface area contributed by atoms with Gasteiger partial charge in [0.1, 0.15) is 0 Å². The van der Waals surface area contributed by atoms with Crippen molar-refractivity contribution < 1.29 is 0 Å². The van der Waals surface area contributed by atoms with Crippen molar-refractivity contribution in [2.45, 2.75) is 13.0 Å². The van der Waals surface area contributed by atoms with Gasteiger partial charge >= 0.3 is 0 Å². The Kier molecular flexibility index (Phi) is 3.50. The Morgan fingerprint density at radius 1 is 1.20 bits per heavy atom. The molecule has 0 unspecified atom stereocenters. The molecule has 0 amide bonds. The smallest absolute Gasteiger partial charge is 0.0743 e.